The van der Waals surface area contributed by atoms with Gasteiger partial charge in [0.05, 0.1) is 0 Å². The number of urea groups is 1. The SMILES string of the molecule is CC(Nc1ccc(NC(=O)NC2CC2)cc1)c1nc2ccccc2o1. The molecule has 25 heavy (non-hydrogen) atoms. The minimum atomic E-state index is -0.150. The highest BCUT2D eigenvalue weighted by molar-refractivity contribution is 5.89. The van der Waals surface area contributed by atoms with Crippen LogP contribution in [0.4, 0.5) is 16.2 Å². The number of carbonyl (C=O) groups excluding carboxylic acids is 1. The molecule has 4 rings (SSSR count). The van der Waals surface area contributed by atoms with Crippen LogP contribution in [0.15, 0.2) is 52.9 Å². The van der Waals surface area contributed by atoms with E-state index >= 15 is 0 Å². The topological polar surface area (TPSA) is 79.2 Å². The number of fused-ring (bicyclic) bond motifs is 1. The van der Waals surface area contributed by atoms with Gasteiger partial charge in [-0.15, -0.1) is 0 Å². The van der Waals surface area contributed by atoms with E-state index in [4.69, 9.17) is 4.42 Å². The molecule has 0 bridgehead atoms. The van der Waals surface area contributed by atoms with Crippen molar-refractivity contribution in [3.8, 4) is 0 Å². The average molecular weight is 336 g/mol. The summed E-state index contributed by atoms with van der Waals surface area (Å²) in [6, 6.07) is 15.4. The Bertz CT molecular complexity index is 851. The standard InChI is InChI=1S/C19H20N4O2/c1-12(18-23-16-4-2-3-5-17(16)25-18)20-13-6-8-14(9-7-13)21-19(24)22-15-10-11-15/h2-9,12,15,20H,10-11H2,1H3,(H2,21,22,24). The summed E-state index contributed by atoms with van der Waals surface area (Å²) in [5.41, 5.74) is 3.33. The number of oxazole rings is 1. The van der Waals surface area contributed by atoms with Crippen molar-refractivity contribution in [3.63, 3.8) is 0 Å². The van der Waals surface area contributed by atoms with Gasteiger partial charge in [-0.1, -0.05) is 12.1 Å². The Balaban J connectivity index is 1.38. The minimum absolute atomic E-state index is 0.0654. The second-order valence-electron chi connectivity index (χ2n) is 6.34. The summed E-state index contributed by atoms with van der Waals surface area (Å²) in [5, 5.41) is 9.09. The fourth-order valence-corrected chi connectivity index (χ4v) is 2.62. The first-order chi connectivity index (χ1) is 12.2. The molecule has 128 valence electrons. The smallest absolute Gasteiger partial charge is 0.319 e. The summed E-state index contributed by atoms with van der Waals surface area (Å²) in [4.78, 5) is 16.2. The van der Waals surface area contributed by atoms with Crippen molar-refractivity contribution in [3.05, 3.63) is 54.4 Å². The fraction of sp³-hybridized carbons (Fsp3) is 0.263. The lowest BCUT2D eigenvalue weighted by atomic mass is 10.2. The van der Waals surface area contributed by atoms with Crippen LogP contribution in [0.25, 0.3) is 11.1 Å². The zero-order valence-electron chi connectivity index (χ0n) is 14.0. The van der Waals surface area contributed by atoms with Gasteiger partial charge in [0.1, 0.15) is 11.6 Å². The maximum Gasteiger partial charge on any atom is 0.319 e. The molecule has 1 fully saturated rings. The number of nitrogens with zero attached hydrogens (tertiary/aromatic N) is 1. The summed E-state index contributed by atoms with van der Waals surface area (Å²) in [7, 11) is 0. The van der Waals surface area contributed by atoms with E-state index in [0.717, 1.165) is 35.3 Å². The molecule has 1 saturated carbocycles. The molecule has 6 heteroatoms. The summed E-state index contributed by atoms with van der Waals surface area (Å²) >= 11 is 0. The zero-order valence-corrected chi connectivity index (χ0v) is 14.0. The van der Waals surface area contributed by atoms with Crippen molar-refractivity contribution in [2.24, 2.45) is 0 Å². The van der Waals surface area contributed by atoms with Crippen molar-refractivity contribution in [1.29, 1.82) is 0 Å². The second-order valence-corrected chi connectivity index (χ2v) is 6.34. The highest BCUT2D eigenvalue weighted by Gasteiger charge is 2.23. The van der Waals surface area contributed by atoms with Crippen LogP contribution in [0.3, 0.4) is 0 Å². The van der Waals surface area contributed by atoms with Gasteiger partial charge in [-0.25, -0.2) is 9.78 Å². The molecule has 3 N–H and O–H groups in total. The molecule has 1 atom stereocenters. The molecule has 2 aromatic carbocycles. The molecule has 1 heterocycles. The lowest BCUT2D eigenvalue weighted by molar-refractivity contribution is 0.251. The molecule has 0 radical (unpaired) electrons. The molecule has 1 aromatic heterocycles. The third kappa shape index (κ3) is 3.74. The van der Waals surface area contributed by atoms with Gasteiger partial charge in [-0.3, -0.25) is 0 Å². The van der Waals surface area contributed by atoms with Crippen molar-refractivity contribution >= 4 is 28.5 Å². The molecule has 0 saturated heterocycles. The van der Waals surface area contributed by atoms with Gasteiger partial charge in [-0.2, -0.15) is 0 Å². The molecule has 1 aliphatic carbocycles. The number of nitrogens with one attached hydrogen (secondary N) is 3. The third-order valence-corrected chi connectivity index (χ3v) is 4.12. The van der Waals surface area contributed by atoms with Crippen LogP contribution in [0.5, 0.6) is 0 Å². The first-order valence-electron chi connectivity index (χ1n) is 8.47. The summed E-state index contributed by atoms with van der Waals surface area (Å²) in [6.07, 6.45) is 2.15. The summed E-state index contributed by atoms with van der Waals surface area (Å²) < 4.78 is 5.78. The van der Waals surface area contributed by atoms with Gasteiger partial charge >= 0.3 is 6.03 Å². The Labute approximate surface area is 145 Å². The maximum absolute atomic E-state index is 11.7. The Morgan fingerprint density at radius 3 is 2.56 bits per heavy atom. The number of para-hydroxylation sites is 2. The predicted octanol–water partition coefficient (Wildman–Crippen LogP) is 4.28. The van der Waals surface area contributed by atoms with Crippen LogP contribution in [-0.4, -0.2) is 17.1 Å². The van der Waals surface area contributed by atoms with Crippen LogP contribution >= 0.6 is 0 Å². The molecule has 2 amide bonds. The molecule has 1 aliphatic rings. The number of carbonyl (C=O) groups is 1. The van der Waals surface area contributed by atoms with Gasteiger partial charge in [0, 0.05) is 17.4 Å². The first-order valence-corrected chi connectivity index (χ1v) is 8.47. The normalized spacial score (nSPS) is 14.9. The second kappa shape index (κ2) is 6.47. The van der Waals surface area contributed by atoms with Crippen molar-refractivity contribution < 1.29 is 9.21 Å². The first kappa shape index (κ1) is 15.5. The highest BCUT2D eigenvalue weighted by Crippen LogP contribution is 2.24. The summed E-state index contributed by atoms with van der Waals surface area (Å²) in [6.45, 7) is 2.00. The molecular formula is C19H20N4O2. The Kier molecular flexibility index (Phi) is 4.01. The maximum atomic E-state index is 11.7. The number of aromatic nitrogens is 1. The quantitative estimate of drug-likeness (QED) is 0.649. The number of benzene rings is 2. The lowest BCUT2D eigenvalue weighted by Crippen LogP contribution is -2.30. The average Bonchev–Trinajstić information content (AvgIpc) is 3.30. The van der Waals surface area contributed by atoms with Gasteiger partial charge in [-0.05, 0) is 56.2 Å². The lowest BCUT2D eigenvalue weighted by Gasteiger charge is -2.13. The van der Waals surface area contributed by atoms with Gasteiger partial charge in [0.2, 0.25) is 5.89 Å². The minimum Gasteiger partial charge on any atom is -0.438 e. The van der Waals surface area contributed by atoms with Crippen molar-refractivity contribution in [2.45, 2.75) is 31.8 Å². The number of hydrogen-bond acceptors (Lipinski definition) is 4. The summed E-state index contributed by atoms with van der Waals surface area (Å²) in [5.74, 6) is 0.646. The monoisotopic (exact) mass is 336 g/mol. The van der Waals surface area contributed by atoms with E-state index in [2.05, 4.69) is 20.9 Å². The Morgan fingerprint density at radius 2 is 1.84 bits per heavy atom. The molecule has 0 aliphatic heterocycles. The fourth-order valence-electron chi connectivity index (χ4n) is 2.62. The molecule has 1 unspecified atom stereocenters. The van der Waals surface area contributed by atoms with Crippen LogP contribution < -0.4 is 16.0 Å². The van der Waals surface area contributed by atoms with Gasteiger partial charge in [0.25, 0.3) is 0 Å². The number of rotatable bonds is 5. The van der Waals surface area contributed by atoms with E-state index < -0.39 is 0 Å². The largest absolute Gasteiger partial charge is 0.438 e. The third-order valence-electron chi connectivity index (χ3n) is 4.12. The van der Waals surface area contributed by atoms with E-state index in [9.17, 15) is 4.79 Å². The molecular weight excluding hydrogens is 316 g/mol. The Hall–Kier alpha value is -3.02. The van der Waals surface area contributed by atoms with Crippen LogP contribution in [0, 0.1) is 0 Å². The predicted molar refractivity (Wildman–Crippen MR) is 97.7 cm³/mol. The molecule has 0 spiro atoms. The van der Waals surface area contributed by atoms with Crippen molar-refractivity contribution in [1.82, 2.24) is 10.3 Å². The van der Waals surface area contributed by atoms with Crippen LogP contribution in [0.2, 0.25) is 0 Å². The van der Waals surface area contributed by atoms with E-state index in [0.29, 0.717) is 11.9 Å². The van der Waals surface area contributed by atoms with Crippen molar-refractivity contribution in [2.75, 3.05) is 10.6 Å². The highest BCUT2D eigenvalue weighted by atomic mass is 16.3. The number of hydrogen-bond donors (Lipinski definition) is 3. The Morgan fingerprint density at radius 1 is 1.12 bits per heavy atom. The number of anilines is 2. The van der Waals surface area contributed by atoms with Crippen LogP contribution in [0.1, 0.15) is 31.7 Å². The van der Waals surface area contributed by atoms with E-state index in [1.54, 1.807) is 0 Å². The van der Waals surface area contributed by atoms with E-state index in [1.165, 1.54) is 0 Å². The van der Waals surface area contributed by atoms with Gasteiger partial charge < -0.3 is 20.4 Å². The van der Waals surface area contributed by atoms with Crippen LogP contribution in [-0.2, 0) is 0 Å². The molecule has 3 aromatic rings. The number of amides is 2. The molecule has 6 nitrogen and oxygen atoms in total. The van der Waals surface area contributed by atoms with Gasteiger partial charge in [0.15, 0.2) is 5.58 Å². The van der Waals surface area contributed by atoms with E-state index in [1.807, 2.05) is 55.5 Å². The van der Waals surface area contributed by atoms with E-state index in [-0.39, 0.29) is 12.1 Å². The zero-order chi connectivity index (χ0) is 17.2.